The number of hydrogen-bond acceptors (Lipinski definition) is 7. The van der Waals surface area contributed by atoms with Crippen molar-refractivity contribution in [2.45, 2.75) is 134 Å². The van der Waals surface area contributed by atoms with Crippen molar-refractivity contribution in [1.82, 2.24) is 23.9 Å². The van der Waals surface area contributed by atoms with Crippen LogP contribution in [0.5, 0.6) is 0 Å². The molecule has 3 aromatic rings. The maximum absolute atomic E-state index is 10.2. The van der Waals surface area contributed by atoms with Crippen LogP contribution in [0, 0.1) is 0 Å². The number of hydrogen-bond donors (Lipinski definition) is 1. The van der Waals surface area contributed by atoms with Crippen molar-refractivity contribution >= 4 is 16.8 Å². The summed E-state index contributed by atoms with van der Waals surface area (Å²) in [6, 6.07) is 0. The number of aliphatic hydroxyl groups excluding tert-OH is 1. The molecule has 2 aliphatic rings. The zero-order valence-corrected chi connectivity index (χ0v) is 23.1. The van der Waals surface area contributed by atoms with Crippen LogP contribution in [0.3, 0.4) is 0 Å². The molecule has 0 spiro atoms. The number of unbranched alkanes of at least 4 members (excludes halogenated alkanes) is 10. The van der Waals surface area contributed by atoms with Gasteiger partial charge < -0.3 is 19.3 Å². The summed E-state index contributed by atoms with van der Waals surface area (Å²) in [6.07, 6.45) is 22.0. The summed E-state index contributed by atoms with van der Waals surface area (Å²) in [6.45, 7) is 4.39. The van der Waals surface area contributed by atoms with E-state index >= 15 is 0 Å². The topological polar surface area (TPSA) is 95.9 Å². The van der Waals surface area contributed by atoms with Crippen LogP contribution in [0.15, 0.2) is 25.0 Å². The second-order valence-electron chi connectivity index (χ2n) is 11.1. The Labute approximate surface area is 225 Å². The Kier molecular flexibility index (Phi) is 9.30. The van der Waals surface area contributed by atoms with E-state index in [1.54, 1.807) is 18.9 Å². The number of rotatable bonds is 16. The van der Waals surface area contributed by atoms with Gasteiger partial charge in [0.05, 0.1) is 12.9 Å². The molecule has 3 aromatic heterocycles. The van der Waals surface area contributed by atoms with Crippen LogP contribution >= 0.6 is 0 Å². The number of aromatic nitrogens is 5. The average molecular weight is 528 g/mol. The maximum Gasteiger partial charge on any atom is 0.169 e. The van der Waals surface area contributed by atoms with Crippen LogP contribution in [-0.4, -0.2) is 59.7 Å². The smallest absolute Gasteiger partial charge is 0.169 e. The van der Waals surface area contributed by atoms with E-state index in [1.165, 1.54) is 64.2 Å². The van der Waals surface area contributed by atoms with Gasteiger partial charge in [0.1, 0.15) is 24.6 Å². The highest BCUT2D eigenvalue weighted by Gasteiger charge is 2.58. The molecule has 0 aliphatic carbocycles. The lowest BCUT2D eigenvalue weighted by Gasteiger charge is -2.31. The Morgan fingerprint density at radius 3 is 2.13 bits per heavy atom. The largest absolute Gasteiger partial charge is 0.394 e. The predicted octanol–water partition coefficient (Wildman–Crippen LogP) is 5.95. The van der Waals surface area contributed by atoms with Gasteiger partial charge in [0.2, 0.25) is 0 Å². The fraction of sp³-hybridized carbons (Fsp3) is 0.759. The van der Waals surface area contributed by atoms with E-state index in [4.69, 9.17) is 14.2 Å². The van der Waals surface area contributed by atoms with Crippen LogP contribution < -0.4 is 0 Å². The van der Waals surface area contributed by atoms with Gasteiger partial charge in [0.15, 0.2) is 28.8 Å². The number of aliphatic hydroxyl groups is 1. The van der Waals surface area contributed by atoms with Crippen LogP contribution in [0.2, 0.25) is 0 Å². The molecule has 0 unspecified atom stereocenters. The van der Waals surface area contributed by atoms with Crippen LogP contribution in [0.4, 0.5) is 0 Å². The predicted molar refractivity (Wildman–Crippen MR) is 146 cm³/mol. The molecule has 5 heterocycles. The molecule has 0 amide bonds. The number of ether oxygens (including phenoxy) is 3. The van der Waals surface area contributed by atoms with E-state index in [0.29, 0.717) is 5.65 Å². The summed E-state index contributed by atoms with van der Waals surface area (Å²) in [4.78, 5) is 13.7. The molecule has 4 atom stereocenters. The Balaban J connectivity index is 1.32. The first-order valence-corrected chi connectivity index (χ1v) is 15.0. The molecule has 9 heteroatoms. The lowest BCUT2D eigenvalue weighted by atomic mass is 9.99. The molecule has 2 fully saturated rings. The maximum atomic E-state index is 10.2. The van der Waals surface area contributed by atoms with Gasteiger partial charge in [-0.05, 0) is 12.8 Å². The fourth-order valence-corrected chi connectivity index (χ4v) is 6.11. The van der Waals surface area contributed by atoms with Gasteiger partial charge in [-0.1, -0.05) is 78.1 Å². The van der Waals surface area contributed by atoms with Crippen LogP contribution in [0.25, 0.3) is 16.8 Å². The first-order valence-electron chi connectivity index (χ1n) is 15.0. The molecule has 2 aliphatic heterocycles. The first kappa shape index (κ1) is 27.5. The van der Waals surface area contributed by atoms with Crippen LogP contribution in [0.1, 0.15) is 110 Å². The van der Waals surface area contributed by atoms with E-state index in [0.717, 1.165) is 36.8 Å². The fourth-order valence-electron chi connectivity index (χ4n) is 6.11. The number of fused-ring (bicyclic) bond motifs is 4. The van der Waals surface area contributed by atoms with Crippen molar-refractivity contribution in [2.24, 2.45) is 0 Å². The summed E-state index contributed by atoms with van der Waals surface area (Å²) in [5.41, 5.74) is 2.17. The molecule has 0 bridgehead atoms. The quantitative estimate of drug-likeness (QED) is 0.230. The Morgan fingerprint density at radius 2 is 1.45 bits per heavy atom. The molecular weight excluding hydrogens is 482 g/mol. The summed E-state index contributed by atoms with van der Waals surface area (Å²) < 4.78 is 23.7. The third kappa shape index (κ3) is 5.76. The number of nitrogens with zero attached hydrogens (tertiary/aromatic N) is 5. The van der Waals surface area contributed by atoms with E-state index in [9.17, 15) is 5.11 Å². The SMILES string of the molecule is CCCCCCCCC1(CCCCCCCC)O[C@@H]2[C@H](O1)[C@@H](CO)O[C@H]2n1cnc2c1ncn1ccnc21. The standard InChI is InChI=1S/C29H45N5O4/c1-3-5-7-9-11-13-15-29(16-14-12-10-8-6-4-2)37-24-22(19-35)36-28(25(24)38-29)34-21-31-23-26-30-17-18-33(26)20-32-27(23)34/h17-18,20-22,24-25,28,35H,3-16,19H2,1-2H3/t22-,24-,25-,28-/m1/s1. The molecule has 0 radical (unpaired) electrons. The molecule has 9 nitrogen and oxygen atoms in total. The van der Waals surface area contributed by atoms with E-state index in [2.05, 4.69) is 28.8 Å². The zero-order chi connectivity index (χ0) is 26.4. The lowest BCUT2D eigenvalue weighted by Crippen LogP contribution is -2.36. The molecule has 0 aromatic carbocycles. The molecule has 5 rings (SSSR count). The highest BCUT2D eigenvalue weighted by atomic mass is 16.8. The molecule has 2 saturated heterocycles. The molecule has 0 saturated carbocycles. The zero-order valence-electron chi connectivity index (χ0n) is 23.1. The van der Waals surface area contributed by atoms with Gasteiger partial charge in [-0.3, -0.25) is 8.97 Å². The van der Waals surface area contributed by atoms with E-state index < -0.39 is 18.1 Å². The number of imidazole rings is 2. The Hall–Kier alpha value is -2.07. The van der Waals surface area contributed by atoms with Gasteiger partial charge in [-0.2, -0.15) is 0 Å². The average Bonchev–Trinajstić information content (AvgIpc) is 3.70. The summed E-state index contributed by atoms with van der Waals surface area (Å²) in [5.74, 6) is -0.625. The molecule has 38 heavy (non-hydrogen) atoms. The second-order valence-corrected chi connectivity index (χ2v) is 11.1. The third-order valence-corrected chi connectivity index (χ3v) is 8.22. The summed E-state index contributed by atoms with van der Waals surface area (Å²) in [7, 11) is 0. The van der Waals surface area contributed by atoms with E-state index in [1.807, 2.05) is 15.2 Å². The Morgan fingerprint density at radius 1 is 0.789 bits per heavy atom. The highest BCUT2D eigenvalue weighted by Crippen LogP contribution is 2.47. The minimum absolute atomic E-state index is 0.115. The van der Waals surface area contributed by atoms with E-state index in [-0.39, 0.29) is 18.8 Å². The Bertz CT molecular complexity index is 1130. The summed E-state index contributed by atoms with van der Waals surface area (Å²) >= 11 is 0. The highest BCUT2D eigenvalue weighted by molar-refractivity contribution is 5.85. The molecule has 1 N–H and O–H groups in total. The van der Waals surface area contributed by atoms with Gasteiger partial charge in [0.25, 0.3) is 0 Å². The van der Waals surface area contributed by atoms with Crippen molar-refractivity contribution in [3.63, 3.8) is 0 Å². The molecule has 210 valence electrons. The monoisotopic (exact) mass is 527 g/mol. The van der Waals surface area contributed by atoms with Crippen molar-refractivity contribution in [3.8, 4) is 0 Å². The molecular formula is C29H45N5O4. The minimum atomic E-state index is -0.625. The van der Waals surface area contributed by atoms with Crippen LogP contribution in [-0.2, 0) is 14.2 Å². The normalized spacial score (nSPS) is 24.6. The van der Waals surface area contributed by atoms with Gasteiger partial charge in [-0.25, -0.2) is 15.0 Å². The van der Waals surface area contributed by atoms with Crippen molar-refractivity contribution in [2.75, 3.05) is 6.61 Å². The van der Waals surface area contributed by atoms with Crippen molar-refractivity contribution in [3.05, 3.63) is 25.0 Å². The second kappa shape index (κ2) is 12.9. The minimum Gasteiger partial charge on any atom is -0.394 e. The first-order chi connectivity index (χ1) is 18.7. The van der Waals surface area contributed by atoms with Crippen molar-refractivity contribution in [1.29, 1.82) is 0 Å². The summed E-state index contributed by atoms with van der Waals surface area (Å²) in [5, 5.41) is 10.2. The van der Waals surface area contributed by atoms with Gasteiger partial charge in [0, 0.05) is 25.2 Å². The lowest BCUT2D eigenvalue weighted by molar-refractivity contribution is -0.227. The van der Waals surface area contributed by atoms with Gasteiger partial charge >= 0.3 is 0 Å². The van der Waals surface area contributed by atoms with Gasteiger partial charge in [-0.15, -0.1) is 0 Å². The van der Waals surface area contributed by atoms with Crippen molar-refractivity contribution < 1.29 is 19.3 Å². The third-order valence-electron chi connectivity index (χ3n) is 8.22.